The smallest absolute Gasteiger partial charge is 0.120 e. The first kappa shape index (κ1) is 12.6. The summed E-state index contributed by atoms with van der Waals surface area (Å²) in [5.74, 6) is 0.344. The van der Waals surface area contributed by atoms with E-state index in [-0.39, 0.29) is 6.04 Å². The topological polar surface area (TPSA) is 50.1 Å². The Labute approximate surface area is 107 Å². The van der Waals surface area contributed by atoms with Crippen molar-refractivity contribution < 1.29 is 5.11 Å². The van der Waals surface area contributed by atoms with Crippen molar-refractivity contribution in [2.75, 3.05) is 0 Å². The highest BCUT2D eigenvalue weighted by Gasteiger charge is 2.10. The van der Waals surface area contributed by atoms with Crippen molar-refractivity contribution >= 4 is 0 Å². The summed E-state index contributed by atoms with van der Waals surface area (Å²) in [5.41, 5.74) is 2.97. The summed E-state index contributed by atoms with van der Waals surface area (Å²) in [6, 6.07) is 7.82. The molecule has 1 atom stereocenters. The zero-order valence-electron chi connectivity index (χ0n) is 11.0. The van der Waals surface area contributed by atoms with Gasteiger partial charge in [0.1, 0.15) is 5.75 Å². The Kier molecular flexibility index (Phi) is 3.67. The minimum atomic E-state index is 0.0904. The molecule has 0 aliphatic heterocycles. The first-order chi connectivity index (χ1) is 8.56. The van der Waals surface area contributed by atoms with Crippen molar-refractivity contribution in [1.82, 2.24) is 15.1 Å². The molecule has 0 bridgehead atoms. The Morgan fingerprint density at radius 2 is 2.17 bits per heavy atom. The minimum absolute atomic E-state index is 0.0904. The molecule has 0 radical (unpaired) electrons. The summed E-state index contributed by atoms with van der Waals surface area (Å²) in [5, 5.41) is 17.6. The van der Waals surface area contributed by atoms with E-state index < -0.39 is 0 Å². The van der Waals surface area contributed by atoms with Crippen molar-refractivity contribution in [3.05, 3.63) is 47.3 Å². The summed E-state index contributed by atoms with van der Waals surface area (Å²) < 4.78 is 1.78. The normalized spacial score (nSPS) is 12.6. The summed E-state index contributed by atoms with van der Waals surface area (Å²) in [6.07, 6.45) is 1.92. The van der Waals surface area contributed by atoms with Gasteiger partial charge >= 0.3 is 0 Å². The Balaban J connectivity index is 2.01. The molecule has 18 heavy (non-hydrogen) atoms. The molecule has 2 rings (SSSR count). The van der Waals surface area contributed by atoms with Crippen LogP contribution in [0.2, 0.25) is 0 Å². The lowest BCUT2D eigenvalue weighted by Crippen LogP contribution is -2.18. The van der Waals surface area contributed by atoms with Gasteiger partial charge in [-0.3, -0.25) is 4.68 Å². The van der Waals surface area contributed by atoms with Gasteiger partial charge in [-0.05, 0) is 31.5 Å². The number of phenolic OH excluding ortho intramolecular Hbond substituents is 1. The second-order valence-corrected chi connectivity index (χ2v) is 4.65. The zero-order chi connectivity index (χ0) is 13.1. The van der Waals surface area contributed by atoms with E-state index in [1.807, 2.05) is 45.3 Å². The fraction of sp³-hybridized carbons (Fsp3) is 0.357. The third kappa shape index (κ3) is 2.90. The molecule has 2 N–H and O–H groups in total. The molecule has 0 saturated heterocycles. The number of rotatable bonds is 4. The number of phenols is 1. The molecule has 4 nitrogen and oxygen atoms in total. The van der Waals surface area contributed by atoms with Crippen LogP contribution in [0.4, 0.5) is 0 Å². The van der Waals surface area contributed by atoms with Crippen LogP contribution < -0.4 is 5.32 Å². The fourth-order valence-electron chi connectivity index (χ4n) is 1.94. The predicted molar refractivity (Wildman–Crippen MR) is 71.3 cm³/mol. The number of hydrogen-bond acceptors (Lipinski definition) is 3. The number of hydrogen-bond donors (Lipinski definition) is 2. The van der Waals surface area contributed by atoms with E-state index in [2.05, 4.69) is 10.4 Å². The van der Waals surface area contributed by atoms with Gasteiger partial charge in [0.15, 0.2) is 0 Å². The van der Waals surface area contributed by atoms with Gasteiger partial charge < -0.3 is 10.4 Å². The SMILES string of the molecule is Cc1ccc(C(C)NCc2ccn(C)n2)c(O)c1. The van der Waals surface area contributed by atoms with E-state index in [1.54, 1.807) is 10.7 Å². The molecule has 0 saturated carbocycles. The van der Waals surface area contributed by atoms with Crippen LogP contribution in [0.1, 0.15) is 29.8 Å². The first-order valence-electron chi connectivity index (χ1n) is 6.07. The number of aromatic hydroxyl groups is 1. The molecule has 1 unspecified atom stereocenters. The number of aryl methyl sites for hydroxylation is 2. The number of aromatic nitrogens is 2. The number of benzene rings is 1. The molecule has 0 aliphatic rings. The van der Waals surface area contributed by atoms with Gasteiger partial charge in [0.05, 0.1) is 5.69 Å². The highest BCUT2D eigenvalue weighted by molar-refractivity contribution is 5.37. The van der Waals surface area contributed by atoms with Crippen LogP contribution in [-0.4, -0.2) is 14.9 Å². The maximum Gasteiger partial charge on any atom is 0.120 e. The monoisotopic (exact) mass is 245 g/mol. The third-order valence-corrected chi connectivity index (χ3v) is 3.01. The molecule has 0 aliphatic carbocycles. The van der Waals surface area contributed by atoms with E-state index in [0.29, 0.717) is 12.3 Å². The van der Waals surface area contributed by atoms with Crippen molar-refractivity contribution in [3.8, 4) is 5.75 Å². The number of nitrogens with one attached hydrogen (secondary N) is 1. The molecule has 1 heterocycles. The molecule has 1 aromatic heterocycles. The molecule has 0 fully saturated rings. The van der Waals surface area contributed by atoms with Crippen molar-refractivity contribution in [3.63, 3.8) is 0 Å². The fourth-order valence-corrected chi connectivity index (χ4v) is 1.94. The molecule has 0 amide bonds. The maximum absolute atomic E-state index is 9.90. The summed E-state index contributed by atoms with van der Waals surface area (Å²) >= 11 is 0. The van der Waals surface area contributed by atoms with Gasteiger partial charge in [0.2, 0.25) is 0 Å². The minimum Gasteiger partial charge on any atom is -0.508 e. The van der Waals surface area contributed by atoms with Crippen molar-refractivity contribution in [2.45, 2.75) is 26.4 Å². The van der Waals surface area contributed by atoms with E-state index in [1.165, 1.54) is 0 Å². The zero-order valence-corrected chi connectivity index (χ0v) is 11.0. The first-order valence-corrected chi connectivity index (χ1v) is 6.07. The van der Waals surface area contributed by atoms with Crippen LogP contribution in [0.5, 0.6) is 5.75 Å². The molecule has 0 spiro atoms. The maximum atomic E-state index is 9.90. The lowest BCUT2D eigenvalue weighted by atomic mass is 10.1. The highest BCUT2D eigenvalue weighted by Crippen LogP contribution is 2.24. The Bertz CT molecular complexity index is 534. The van der Waals surface area contributed by atoms with Crippen molar-refractivity contribution in [2.24, 2.45) is 7.05 Å². The van der Waals surface area contributed by atoms with Crippen LogP contribution in [-0.2, 0) is 13.6 Å². The van der Waals surface area contributed by atoms with Gasteiger partial charge in [-0.15, -0.1) is 0 Å². The average Bonchev–Trinajstić information content (AvgIpc) is 2.72. The second-order valence-electron chi connectivity index (χ2n) is 4.65. The van der Waals surface area contributed by atoms with Gasteiger partial charge in [0.25, 0.3) is 0 Å². The molecule has 1 aromatic carbocycles. The molecular weight excluding hydrogens is 226 g/mol. The van der Waals surface area contributed by atoms with Gasteiger partial charge in [-0.25, -0.2) is 0 Å². The van der Waals surface area contributed by atoms with E-state index in [0.717, 1.165) is 16.8 Å². The second kappa shape index (κ2) is 5.23. The Morgan fingerprint density at radius 3 is 2.78 bits per heavy atom. The van der Waals surface area contributed by atoms with E-state index >= 15 is 0 Å². The summed E-state index contributed by atoms with van der Waals surface area (Å²) in [6.45, 7) is 4.69. The van der Waals surface area contributed by atoms with Crippen LogP contribution in [0.3, 0.4) is 0 Å². The van der Waals surface area contributed by atoms with Gasteiger partial charge in [-0.2, -0.15) is 5.10 Å². The lowest BCUT2D eigenvalue weighted by Gasteiger charge is -2.15. The summed E-state index contributed by atoms with van der Waals surface area (Å²) in [7, 11) is 1.90. The quantitative estimate of drug-likeness (QED) is 0.869. The van der Waals surface area contributed by atoms with Gasteiger partial charge in [-0.1, -0.05) is 12.1 Å². The molecule has 4 heteroatoms. The van der Waals surface area contributed by atoms with Crippen LogP contribution >= 0.6 is 0 Å². The standard InChI is InChI=1S/C14H19N3O/c1-10-4-5-13(14(18)8-10)11(2)15-9-12-6-7-17(3)16-12/h4-8,11,15,18H,9H2,1-3H3. The van der Waals surface area contributed by atoms with Crippen LogP contribution in [0.25, 0.3) is 0 Å². The largest absolute Gasteiger partial charge is 0.508 e. The lowest BCUT2D eigenvalue weighted by molar-refractivity contribution is 0.451. The van der Waals surface area contributed by atoms with E-state index in [4.69, 9.17) is 0 Å². The van der Waals surface area contributed by atoms with Crippen LogP contribution in [0, 0.1) is 6.92 Å². The Hall–Kier alpha value is -1.81. The van der Waals surface area contributed by atoms with Gasteiger partial charge in [0, 0.05) is 31.4 Å². The highest BCUT2D eigenvalue weighted by atomic mass is 16.3. The molecule has 2 aromatic rings. The Morgan fingerprint density at radius 1 is 1.39 bits per heavy atom. The third-order valence-electron chi connectivity index (χ3n) is 3.01. The number of nitrogens with zero attached hydrogens (tertiary/aromatic N) is 2. The molecule has 96 valence electrons. The van der Waals surface area contributed by atoms with Crippen LogP contribution in [0.15, 0.2) is 30.5 Å². The predicted octanol–water partition coefficient (Wildman–Crippen LogP) is 2.28. The summed E-state index contributed by atoms with van der Waals surface area (Å²) in [4.78, 5) is 0. The van der Waals surface area contributed by atoms with Crippen molar-refractivity contribution in [1.29, 1.82) is 0 Å². The molecular formula is C14H19N3O. The average molecular weight is 245 g/mol. The van der Waals surface area contributed by atoms with E-state index in [9.17, 15) is 5.11 Å².